The van der Waals surface area contributed by atoms with Gasteiger partial charge in [0, 0.05) is 30.7 Å². The van der Waals surface area contributed by atoms with Gasteiger partial charge in [-0.2, -0.15) is 0 Å². The molecular formula is C22H34IN5OS. The van der Waals surface area contributed by atoms with E-state index < -0.39 is 5.60 Å². The molecule has 2 aromatic rings. The van der Waals surface area contributed by atoms with Crippen LogP contribution in [0.25, 0.3) is 0 Å². The van der Waals surface area contributed by atoms with Gasteiger partial charge in [0.05, 0.1) is 13.1 Å². The number of guanidine groups is 1. The molecule has 0 radical (unpaired) electrons. The lowest BCUT2D eigenvalue weighted by Gasteiger charge is -2.23. The molecule has 3 rings (SSSR count). The zero-order valence-electron chi connectivity index (χ0n) is 17.9. The molecule has 30 heavy (non-hydrogen) atoms. The van der Waals surface area contributed by atoms with Gasteiger partial charge in [-0.05, 0) is 49.8 Å². The fraction of sp³-hybridized carbons (Fsp3) is 0.545. The molecule has 3 N–H and O–H groups in total. The second-order valence-electron chi connectivity index (χ2n) is 7.73. The third-order valence-electron chi connectivity index (χ3n) is 5.16. The highest BCUT2D eigenvalue weighted by molar-refractivity contribution is 14.0. The van der Waals surface area contributed by atoms with Crippen molar-refractivity contribution in [2.45, 2.75) is 51.7 Å². The van der Waals surface area contributed by atoms with Crippen LogP contribution in [0.5, 0.6) is 0 Å². The van der Waals surface area contributed by atoms with Crippen LogP contribution in [0.2, 0.25) is 0 Å². The van der Waals surface area contributed by atoms with Crippen LogP contribution >= 0.6 is 35.3 Å². The summed E-state index contributed by atoms with van der Waals surface area (Å²) < 4.78 is 0. The van der Waals surface area contributed by atoms with Gasteiger partial charge in [0.15, 0.2) is 5.96 Å². The van der Waals surface area contributed by atoms with Crippen molar-refractivity contribution in [1.82, 2.24) is 15.6 Å². The Bertz CT molecular complexity index is 756. The summed E-state index contributed by atoms with van der Waals surface area (Å²) in [6.45, 7) is 7.76. The van der Waals surface area contributed by atoms with Crippen LogP contribution in [0.4, 0.5) is 5.82 Å². The first kappa shape index (κ1) is 24.9. The summed E-state index contributed by atoms with van der Waals surface area (Å²) in [7, 11) is 0. The lowest BCUT2D eigenvalue weighted by atomic mass is 10.1. The van der Waals surface area contributed by atoms with Crippen molar-refractivity contribution >= 4 is 47.1 Å². The van der Waals surface area contributed by atoms with Gasteiger partial charge in [-0.15, -0.1) is 35.3 Å². The Morgan fingerprint density at radius 3 is 2.57 bits per heavy atom. The van der Waals surface area contributed by atoms with Crippen molar-refractivity contribution in [3.8, 4) is 0 Å². The summed E-state index contributed by atoms with van der Waals surface area (Å²) in [4.78, 5) is 12.6. The van der Waals surface area contributed by atoms with Gasteiger partial charge in [0.2, 0.25) is 0 Å². The number of pyridine rings is 1. The number of thiophene rings is 1. The molecule has 6 nitrogen and oxygen atoms in total. The van der Waals surface area contributed by atoms with Crippen molar-refractivity contribution in [3.63, 3.8) is 0 Å². The molecule has 1 aliphatic heterocycles. The standard InChI is InChI=1S/C22H33N5OS.HI/c1-3-23-21(26-17-22(2,28)19-9-8-14-29-19)25-16-18-10-11-20(24-15-18)27-12-6-4-5-7-13-27;/h8-11,14-15,28H,3-7,12-13,16-17H2,1-2H3,(H2,23,25,26);1H. The fourth-order valence-corrected chi connectivity index (χ4v) is 4.22. The van der Waals surface area contributed by atoms with Crippen LogP contribution in [0.1, 0.15) is 50.0 Å². The van der Waals surface area contributed by atoms with Gasteiger partial charge in [0.1, 0.15) is 11.4 Å². The van der Waals surface area contributed by atoms with E-state index >= 15 is 0 Å². The minimum atomic E-state index is -0.930. The Morgan fingerprint density at radius 2 is 1.97 bits per heavy atom. The molecular weight excluding hydrogens is 509 g/mol. The fourth-order valence-electron chi connectivity index (χ4n) is 3.44. The van der Waals surface area contributed by atoms with Crippen molar-refractivity contribution in [1.29, 1.82) is 0 Å². The van der Waals surface area contributed by atoms with Crippen LogP contribution in [-0.4, -0.2) is 42.2 Å². The molecule has 1 saturated heterocycles. The third-order valence-corrected chi connectivity index (χ3v) is 6.28. The highest BCUT2D eigenvalue weighted by Gasteiger charge is 2.24. The van der Waals surface area contributed by atoms with Crippen LogP contribution < -0.4 is 15.5 Å². The normalized spacial score (nSPS) is 16.9. The van der Waals surface area contributed by atoms with E-state index in [0.717, 1.165) is 35.9 Å². The van der Waals surface area contributed by atoms with Gasteiger partial charge >= 0.3 is 0 Å². The smallest absolute Gasteiger partial charge is 0.191 e. The molecule has 0 amide bonds. The number of rotatable bonds is 7. The molecule has 0 spiro atoms. The first-order chi connectivity index (χ1) is 14.1. The zero-order valence-corrected chi connectivity index (χ0v) is 21.1. The summed E-state index contributed by atoms with van der Waals surface area (Å²) >= 11 is 1.56. The summed E-state index contributed by atoms with van der Waals surface area (Å²) in [5, 5.41) is 19.2. The van der Waals surface area contributed by atoms with Crippen molar-refractivity contribution in [2.75, 3.05) is 31.1 Å². The molecule has 1 aliphatic rings. The number of aliphatic imine (C=N–C) groups is 1. The molecule has 1 unspecified atom stereocenters. The second kappa shape index (κ2) is 12.5. The van der Waals surface area contributed by atoms with E-state index in [9.17, 15) is 5.11 Å². The minimum absolute atomic E-state index is 0. The Morgan fingerprint density at radius 1 is 1.20 bits per heavy atom. The summed E-state index contributed by atoms with van der Waals surface area (Å²) in [6.07, 6.45) is 7.07. The number of aliphatic hydroxyl groups is 1. The van der Waals surface area contributed by atoms with Crippen LogP contribution in [-0.2, 0) is 12.1 Å². The van der Waals surface area contributed by atoms with E-state index in [4.69, 9.17) is 0 Å². The van der Waals surface area contributed by atoms with Gasteiger partial charge in [-0.25, -0.2) is 9.98 Å². The van der Waals surface area contributed by atoms with Gasteiger partial charge in [-0.1, -0.05) is 25.0 Å². The van der Waals surface area contributed by atoms with Gasteiger partial charge < -0.3 is 20.6 Å². The Balaban J connectivity index is 0.00000320. The monoisotopic (exact) mass is 543 g/mol. The average molecular weight is 544 g/mol. The molecule has 2 aromatic heterocycles. The number of aromatic nitrogens is 1. The number of nitrogens with zero attached hydrogens (tertiary/aromatic N) is 3. The predicted molar refractivity (Wildman–Crippen MR) is 137 cm³/mol. The highest BCUT2D eigenvalue weighted by atomic mass is 127. The first-order valence-corrected chi connectivity index (χ1v) is 11.4. The predicted octanol–water partition coefficient (Wildman–Crippen LogP) is 4.10. The molecule has 0 saturated carbocycles. The maximum Gasteiger partial charge on any atom is 0.191 e. The molecule has 1 fully saturated rings. The van der Waals surface area contributed by atoms with Crippen molar-refractivity contribution in [3.05, 3.63) is 46.3 Å². The highest BCUT2D eigenvalue weighted by Crippen LogP contribution is 2.24. The Kier molecular flexibility index (Phi) is 10.3. The number of hydrogen-bond acceptors (Lipinski definition) is 5. The number of nitrogens with one attached hydrogen (secondary N) is 2. The van der Waals surface area contributed by atoms with E-state index in [-0.39, 0.29) is 24.0 Å². The van der Waals surface area contributed by atoms with E-state index in [1.54, 1.807) is 11.3 Å². The molecule has 0 aromatic carbocycles. The average Bonchev–Trinajstić information content (AvgIpc) is 3.15. The molecule has 0 aliphatic carbocycles. The van der Waals surface area contributed by atoms with Crippen molar-refractivity contribution in [2.24, 2.45) is 4.99 Å². The van der Waals surface area contributed by atoms with E-state index in [1.165, 1.54) is 25.7 Å². The van der Waals surface area contributed by atoms with E-state index in [1.807, 2.05) is 37.6 Å². The molecule has 1 atom stereocenters. The zero-order chi connectivity index (χ0) is 20.5. The topological polar surface area (TPSA) is 72.8 Å². The third kappa shape index (κ3) is 7.39. The summed E-state index contributed by atoms with van der Waals surface area (Å²) in [5.74, 6) is 1.76. The Labute approximate surface area is 201 Å². The largest absolute Gasteiger partial charge is 0.383 e. The van der Waals surface area contributed by atoms with Crippen LogP contribution in [0, 0.1) is 0 Å². The minimum Gasteiger partial charge on any atom is -0.383 e. The number of hydrogen-bond donors (Lipinski definition) is 3. The lowest BCUT2D eigenvalue weighted by Crippen LogP contribution is -2.44. The molecule has 166 valence electrons. The van der Waals surface area contributed by atoms with Gasteiger partial charge in [0.25, 0.3) is 0 Å². The molecule has 8 heteroatoms. The quantitative estimate of drug-likeness (QED) is 0.279. The van der Waals surface area contributed by atoms with Crippen molar-refractivity contribution < 1.29 is 5.11 Å². The Hall–Kier alpha value is -1.39. The van der Waals surface area contributed by atoms with Crippen LogP contribution in [0.3, 0.4) is 0 Å². The SMILES string of the molecule is CCNC(=NCc1ccc(N2CCCCCC2)nc1)NCC(C)(O)c1cccs1.I. The lowest BCUT2D eigenvalue weighted by molar-refractivity contribution is 0.0655. The molecule has 0 bridgehead atoms. The van der Waals surface area contributed by atoms with Crippen LogP contribution in [0.15, 0.2) is 40.8 Å². The maximum absolute atomic E-state index is 10.7. The first-order valence-electron chi connectivity index (χ1n) is 10.6. The summed E-state index contributed by atoms with van der Waals surface area (Å²) in [5.41, 5.74) is 0.145. The summed E-state index contributed by atoms with van der Waals surface area (Å²) in [6, 6.07) is 8.13. The van der Waals surface area contributed by atoms with E-state index in [2.05, 4.69) is 37.6 Å². The van der Waals surface area contributed by atoms with Gasteiger partial charge in [-0.3, -0.25) is 0 Å². The number of halogens is 1. The second-order valence-corrected chi connectivity index (χ2v) is 8.67. The molecule has 3 heterocycles. The number of anilines is 1. The maximum atomic E-state index is 10.7. The van der Waals surface area contributed by atoms with E-state index in [0.29, 0.717) is 19.0 Å².